The number of hydrogen-bond acceptors (Lipinski definition) is 2. The molecule has 0 aromatic carbocycles. The maximum absolute atomic E-state index is 12.0. The lowest BCUT2D eigenvalue weighted by atomic mass is 9.96. The zero-order valence-electron chi connectivity index (χ0n) is 9.61. The Bertz CT molecular complexity index is 303. The van der Waals surface area contributed by atoms with E-state index in [1.807, 2.05) is 0 Å². The van der Waals surface area contributed by atoms with Crippen molar-refractivity contribution in [1.82, 2.24) is 4.31 Å². The monoisotopic (exact) mass is 253 g/mol. The van der Waals surface area contributed by atoms with Crippen LogP contribution in [0.25, 0.3) is 0 Å². The van der Waals surface area contributed by atoms with Crippen LogP contribution in [0.2, 0.25) is 0 Å². The predicted molar refractivity (Wildman–Crippen MR) is 63.6 cm³/mol. The average Bonchev–Trinajstić information content (AvgIpc) is 2.65. The second kappa shape index (κ2) is 5.02. The van der Waals surface area contributed by atoms with Gasteiger partial charge in [-0.05, 0) is 25.2 Å². The molecule has 15 heavy (non-hydrogen) atoms. The molecule has 5 heteroatoms. The van der Waals surface area contributed by atoms with E-state index in [9.17, 15) is 8.42 Å². The van der Waals surface area contributed by atoms with Crippen molar-refractivity contribution in [2.24, 2.45) is 11.8 Å². The van der Waals surface area contributed by atoms with Crippen molar-refractivity contribution in [2.75, 3.05) is 19.0 Å². The molecule has 0 aromatic rings. The van der Waals surface area contributed by atoms with Gasteiger partial charge in [-0.25, -0.2) is 12.7 Å². The van der Waals surface area contributed by atoms with Gasteiger partial charge < -0.3 is 0 Å². The van der Waals surface area contributed by atoms with Gasteiger partial charge >= 0.3 is 0 Å². The van der Waals surface area contributed by atoms with Gasteiger partial charge in [-0.3, -0.25) is 0 Å². The fraction of sp³-hybridized carbons (Fsp3) is 1.00. The van der Waals surface area contributed by atoms with Crippen LogP contribution in [0.4, 0.5) is 0 Å². The van der Waals surface area contributed by atoms with E-state index in [4.69, 9.17) is 11.6 Å². The molecule has 0 aliphatic carbocycles. The number of rotatable bonds is 4. The number of halogens is 1. The first-order valence-corrected chi connectivity index (χ1v) is 7.48. The van der Waals surface area contributed by atoms with Gasteiger partial charge in [-0.1, -0.05) is 13.8 Å². The normalized spacial score (nSPS) is 26.1. The van der Waals surface area contributed by atoms with Gasteiger partial charge in [0.15, 0.2) is 0 Å². The average molecular weight is 254 g/mol. The van der Waals surface area contributed by atoms with Gasteiger partial charge in [0.1, 0.15) is 0 Å². The molecule has 1 heterocycles. The van der Waals surface area contributed by atoms with E-state index in [0.29, 0.717) is 24.9 Å². The zero-order valence-corrected chi connectivity index (χ0v) is 11.2. The van der Waals surface area contributed by atoms with Crippen LogP contribution in [0.3, 0.4) is 0 Å². The smallest absolute Gasteiger partial charge is 0.212 e. The molecule has 2 atom stereocenters. The molecule has 0 saturated carbocycles. The molecule has 1 saturated heterocycles. The van der Waals surface area contributed by atoms with Gasteiger partial charge in [0.05, 0.1) is 5.25 Å². The molecule has 1 aliphatic heterocycles. The Morgan fingerprint density at radius 3 is 2.40 bits per heavy atom. The van der Waals surface area contributed by atoms with Crippen molar-refractivity contribution in [3.63, 3.8) is 0 Å². The minimum Gasteiger partial charge on any atom is -0.212 e. The summed E-state index contributed by atoms with van der Waals surface area (Å²) in [6.45, 7) is 7.29. The lowest BCUT2D eigenvalue weighted by molar-refractivity contribution is 0.387. The molecule has 1 aliphatic rings. The van der Waals surface area contributed by atoms with Crippen molar-refractivity contribution < 1.29 is 8.42 Å². The molecule has 1 rings (SSSR count). The van der Waals surface area contributed by atoms with E-state index in [0.717, 1.165) is 6.42 Å². The van der Waals surface area contributed by atoms with E-state index in [-0.39, 0.29) is 5.88 Å². The van der Waals surface area contributed by atoms with Crippen LogP contribution >= 0.6 is 11.6 Å². The SMILES string of the molecule is CC(C)C1CCN(S(=O)(=O)C(C)CCl)C1. The summed E-state index contributed by atoms with van der Waals surface area (Å²) in [5, 5.41) is -0.468. The fourth-order valence-electron chi connectivity index (χ4n) is 1.86. The molecule has 3 nitrogen and oxygen atoms in total. The van der Waals surface area contributed by atoms with Crippen LogP contribution in [0, 0.1) is 11.8 Å². The molecule has 0 aromatic heterocycles. The quantitative estimate of drug-likeness (QED) is 0.718. The first-order valence-electron chi connectivity index (χ1n) is 5.44. The minimum absolute atomic E-state index is 0.172. The van der Waals surface area contributed by atoms with Gasteiger partial charge in [0.25, 0.3) is 0 Å². The van der Waals surface area contributed by atoms with Crippen LogP contribution in [0.1, 0.15) is 27.2 Å². The molecule has 0 radical (unpaired) electrons. The summed E-state index contributed by atoms with van der Waals surface area (Å²) in [6.07, 6.45) is 0.978. The van der Waals surface area contributed by atoms with Gasteiger partial charge in [0, 0.05) is 19.0 Å². The molecular weight excluding hydrogens is 234 g/mol. The molecule has 2 unspecified atom stereocenters. The molecule has 0 spiro atoms. The second-order valence-electron chi connectivity index (χ2n) is 4.66. The van der Waals surface area contributed by atoms with Crippen LogP contribution in [0.5, 0.6) is 0 Å². The highest BCUT2D eigenvalue weighted by Gasteiger charge is 2.35. The summed E-state index contributed by atoms with van der Waals surface area (Å²) in [6, 6.07) is 0. The summed E-state index contributed by atoms with van der Waals surface area (Å²) in [5.74, 6) is 1.23. The van der Waals surface area contributed by atoms with Crippen molar-refractivity contribution in [3.8, 4) is 0 Å². The Hall–Kier alpha value is 0.200. The van der Waals surface area contributed by atoms with E-state index >= 15 is 0 Å². The van der Waals surface area contributed by atoms with Gasteiger partial charge in [-0.15, -0.1) is 11.6 Å². The van der Waals surface area contributed by atoms with E-state index in [1.165, 1.54) is 0 Å². The third-order valence-electron chi connectivity index (χ3n) is 3.22. The number of hydrogen-bond donors (Lipinski definition) is 0. The van der Waals surface area contributed by atoms with Gasteiger partial charge in [0.2, 0.25) is 10.0 Å². The molecular formula is C10H20ClNO2S. The molecule has 0 bridgehead atoms. The lowest BCUT2D eigenvalue weighted by Crippen LogP contribution is -2.37. The molecule has 1 fully saturated rings. The number of alkyl halides is 1. The first-order chi connectivity index (χ1) is 6.89. The highest BCUT2D eigenvalue weighted by molar-refractivity contribution is 7.89. The summed E-state index contributed by atoms with van der Waals surface area (Å²) in [7, 11) is -3.15. The van der Waals surface area contributed by atoms with E-state index in [2.05, 4.69) is 13.8 Å². The Balaban J connectivity index is 2.68. The fourth-order valence-corrected chi connectivity index (χ4v) is 3.77. The predicted octanol–water partition coefficient (Wildman–Crippen LogP) is 1.92. The maximum atomic E-state index is 12.0. The van der Waals surface area contributed by atoms with Crippen LogP contribution in [0.15, 0.2) is 0 Å². The minimum atomic E-state index is -3.15. The summed E-state index contributed by atoms with van der Waals surface area (Å²) in [4.78, 5) is 0. The zero-order chi connectivity index (χ0) is 11.6. The van der Waals surface area contributed by atoms with Gasteiger partial charge in [-0.2, -0.15) is 0 Å². The summed E-state index contributed by atoms with van der Waals surface area (Å²) >= 11 is 5.61. The summed E-state index contributed by atoms with van der Waals surface area (Å²) < 4.78 is 25.5. The number of sulfonamides is 1. The molecule has 0 N–H and O–H groups in total. The van der Waals surface area contributed by atoms with Crippen molar-refractivity contribution in [3.05, 3.63) is 0 Å². The molecule has 90 valence electrons. The van der Waals surface area contributed by atoms with E-state index < -0.39 is 15.3 Å². The third kappa shape index (κ3) is 2.86. The largest absolute Gasteiger partial charge is 0.217 e. The van der Waals surface area contributed by atoms with Crippen molar-refractivity contribution in [2.45, 2.75) is 32.4 Å². The Labute approximate surface area is 97.8 Å². The summed E-state index contributed by atoms with van der Waals surface area (Å²) in [5.41, 5.74) is 0. The Kier molecular flexibility index (Phi) is 4.44. The molecule has 0 amide bonds. The topological polar surface area (TPSA) is 37.4 Å². The highest BCUT2D eigenvalue weighted by Crippen LogP contribution is 2.27. The Morgan fingerprint density at radius 1 is 1.40 bits per heavy atom. The number of nitrogens with zero attached hydrogens (tertiary/aromatic N) is 1. The lowest BCUT2D eigenvalue weighted by Gasteiger charge is -2.21. The van der Waals surface area contributed by atoms with Crippen LogP contribution < -0.4 is 0 Å². The first kappa shape index (κ1) is 13.3. The van der Waals surface area contributed by atoms with E-state index in [1.54, 1.807) is 11.2 Å². The maximum Gasteiger partial charge on any atom is 0.217 e. The second-order valence-corrected chi connectivity index (χ2v) is 7.32. The highest BCUT2D eigenvalue weighted by atomic mass is 35.5. The van der Waals surface area contributed by atoms with Crippen LogP contribution in [-0.2, 0) is 10.0 Å². The van der Waals surface area contributed by atoms with Crippen LogP contribution in [-0.4, -0.2) is 36.9 Å². The standard InChI is InChI=1S/C10H20ClNO2S/c1-8(2)10-4-5-12(7-10)15(13,14)9(3)6-11/h8-10H,4-7H2,1-3H3. The Morgan fingerprint density at radius 2 is 2.00 bits per heavy atom. The van der Waals surface area contributed by atoms with Crippen molar-refractivity contribution >= 4 is 21.6 Å². The third-order valence-corrected chi connectivity index (χ3v) is 6.10. The van der Waals surface area contributed by atoms with Crippen molar-refractivity contribution in [1.29, 1.82) is 0 Å².